The van der Waals surface area contributed by atoms with Crippen LogP contribution in [0, 0.1) is 64.6 Å². The van der Waals surface area contributed by atoms with Gasteiger partial charge in [-0.1, -0.05) is 119 Å². The Morgan fingerprint density at radius 2 is 1.26 bits per heavy atom. The van der Waals surface area contributed by atoms with Crippen molar-refractivity contribution in [3.8, 4) is 0 Å². The van der Waals surface area contributed by atoms with Crippen LogP contribution in [0.4, 0.5) is 0 Å². The zero-order valence-electron chi connectivity index (χ0n) is 38.4. The van der Waals surface area contributed by atoms with Gasteiger partial charge in [0.05, 0.1) is 41.3 Å². The first kappa shape index (κ1) is 64.6. The molecule has 6 saturated carbocycles. The minimum absolute atomic E-state index is 0. The van der Waals surface area contributed by atoms with Crippen molar-refractivity contribution in [2.75, 3.05) is 0 Å². The minimum atomic E-state index is -0.396. The number of hydrogen-bond donors (Lipinski definition) is 0. The molecule has 10 heteroatoms. The van der Waals surface area contributed by atoms with E-state index in [1.807, 2.05) is 27.7 Å². The molecule has 3 aliphatic heterocycles. The molecule has 3 saturated heterocycles. The number of hydrogen-bond acceptors (Lipinski definition) is 10. The second-order valence-electron chi connectivity index (χ2n) is 20.5. The second-order valence-corrected chi connectivity index (χ2v) is 20.5. The van der Waals surface area contributed by atoms with Gasteiger partial charge in [-0.25, -0.2) is 0 Å². The number of ether oxygens (including phenoxy) is 5. The Labute approximate surface area is 400 Å². The SMILES string of the molecule is C.C.C.C.C.C.CC1C(=O)OC(=O)C1C.CCC(C)(C)C(=O)OC1(CC)CC2CC1C1CCCC21.CCC(C)C(=O)OC1C2CC3CC1CC(C2)C(=O)O3.CCC(C)OC1CCCCC1. The van der Waals surface area contributed by atoms with E-state index < -0.39 is 11.9 Å². The molecule has 9 fully saturated rings. The van der Waals surface area contributed by atoms with Crippen molar-refractivity contribution in [1.29, 1.82) is 0 Å². The molecule has 0 amide bonds. The summed E-state index contributed by atoms with van der Waals surface area (Å²) in [7, 11) is 0. The average molecular weight is 925 g/mol. The van der Waals surface area contributed by atoms with Crippen LogP contribution < -0.4 is 0 Å². The third kappa shape index (κ3) is 15.3. The van der Waals surface area contributed by atoms with E-state index in [1.165, 1.54) is 57.8 Å². The zero-order chi connectivity index (χ0) is 43.2. The second kappa shape index (κ2) is 28.1. The molecule has 6 aliphatic carbocycles. The fourth-order valence-electron chi connectivity index (χ4n) is 11.5. The van der Waals surface area contributed by atoms with Gasteiger partial charge in [0.25, 0.3) is 0 Å². The molecular weight excluding hydrogens is 821 g/mol. The van der Waals surface area contributed by atoms with Gasteiger partial charge in [0.1, 0.15) is 17.8 Å². The maximum Gasteiger partial charge on any atom is 0.317 e. The molecule has 65 heavy (non-hydrogen) atoms. The van der Waals surface area contributed by atoms with E-state index in [-0.39, 0.29) is 109 Å². The number of carbonyl (C=O) groups is 5. The summed E-state index contributed by atoms with van der Waals surface area (Å²) in [5.74, 6) is 2.59. The lowest BCUT2D eigenvalue weighted by Crippen LogP contribution is -2.47. The summed E-state index contributed by atoms with van der Waals surface area (Å²) in [4.78, 5) is 57.5. The number of rotatable bonds is 10. The van der Waals surface area contributed by atoms with Crippen molar-refractivity contribution in [3.05, 3.63) is 0 Å². The molecule has 9 aliphatic rings. The van der Waals surface area contributed by atoms with E-state index in [4.69, 9.17) is 18.9 Å². The lowest BCUT2D eigenvalue weighted by molar-refractivity contribution is -0.181. The van der Waals surface area contributed by atoms with Crippen LogP contribution in [0.5, 0.6) is 0 Å². The highest BCUT2D eigenvalue weighted by Crippen LogP contribution is 2.64. The van der Waals surface area contributed by atoms with Gasteiger partial charge in [-0.05, 0) is 128 Å². The van der Waals surface area contributed by atoms with Crippen molar-refractivity contribution >= 4 is 29.8 Å². The van der Waals surface area contributed by atoms with Gasteiger partial charge in [0.15, 0.2) is 0 Å². The summed E-state index contributed by atoms with van der Waals surface area (Å²) in [6.45, 7) is 20.0. The smallest absolute Gasteiger partial charge is 0.317 e. The van der Waals surface area contributed by atoms with Crippen LogP contribution in [-0.2, 0) is 47.7 Å². The maximum absolute atomic E-state index is 12.6. The quantitative estimate of drug-likeness (QED) is 0.118. The third-order valence-corrected chi connectivity index (χ3v) is 16.3. The Hall–Kier alpha value is -2.49. The van der Waals surface area contributed by atoms with E-state index >= 15 is 0 Å². The van der Waals surface area contributed by atoms with Gasteiger partial charge in [0, 0.05) is 17.8 Å². The van der Waals surface area contributed by atoms with E-state index in [0.717, 1.165) is 75.5 Å². The fourth-order valence-corrected chi connectivity index (χ4v) is 11.5. The minimum Gasteiger partial charge on any atom is -0.462 e. The van der Waals surface area contributed by atoms with Crippen LogP contribution in [-0.4, -0.2) is 59.9 Å². The van der Waals surface area contributed by atoms with Crippen LogP contribution >= 0.6 is 0 Å². The molecule has 0 aromatic heterocycles. The van der Waals surface area contributed by atoms with Gasteiger partial charge in [-0.3, -0.25) is 24.0 Å². The van der Waals surface area contributed by atoms with Gasteiger partial charge in [-0.15, -0.1) is 0 Å². The third-order valence-electron chi connectivity index (χ3n) is 16.3. The highest BCUT2D eigenvalue weighted by atomic mass is 16.6. The fraction of sp³-hybridized carbons (Fsp3) is 0.909. The van der Waals surface area contributed by atoms with Crippen molar-refractivity contribution < 1.29 is 47.7 Å². The molecule has 384 valence electrons. The Morgan fingerprint density at radius 3 is 1.74 bits per heavy atom. The van der Waals surface area contributed by atoms with E-state index in [2.05, 4.69) is 32.4 Å². The highest BCUT2D eigenvalue weighted by Gasteiger charge is 2.62. The number of fused-ring (bicyclic) bond motifs is 6. The van der Waals surface area contributed by atoms with Crippen molar-refractivity contribution in [1.82, 2.24) is 0 Å². The predicted octanol–water partition coefficient (Wildman–Crippen LogP) is 14.2. The van der Waals surface area contributed by atoms with Gasteiger partial charge in [-0.2, -0.15) is 0 Å². The lowest BCUT2D eigenvalue weighted by atomic mass is 9.66. The Bertz CT molecular complexity index is 1420. The average Bonchev–Trinajstić information content (AvgIpc) is 3.95. The first-order chi connectivity index (χ1) is 28.0. The number of esters is 5. The summed E-state index contributed by atoms with van der Waals surface area (Å²) in [5.41, 5.74) is -0.460. The molecule has 10 nitrogen and oxygen atoms in total. The van der Waals surface area contributed by atoms with Crippen LogP contribution in [0.1, 0.15) is 229 Å². The number of carbonyl (C=O) groups excluding carboxylic acids is 5. The first-order valence-electron chi connectivity index (χ1n) is 24.0. The summed E-state index contributed by atoms with van der Waals surface area (Å²) in [6.07, 6.45) is 21.8. The van der Waals surface area contributed by atoms with Gasteiger partial charge >= 0.3 is 29.8 Å². The molecule has 0 spiro atoms. The van der Waals surface area contributed by atoms with E-state index in [1.54, 1.807) is 13.8 Å². The van der Waals surface area contributed by atoms with Gasteiger partial charge < -0.3 is 23.7 Å². The maximum atomic E-state index is 12.6. The molecule has 11 unspecified atom stereocenters. The number of cyclic esters (lactones) is 2. The molecule has 0 N–H and O–H groups in total. The molecule has 9 rings (SSSR count). The Morgan fingerprint density at radius 1 is 0.708 bits per heavy atom. The van der Waals surface area contributed by atoms with Gasteiger partial charge in [0.2, 0.25) is 0 Å². The van der Waals surface area contributed by atoms with Crippen molar-refractivity contribution in [3.63, 3.8) is 0 Å². The topological polar surface area (TPSA) is 132 Å². The predicted molar refractivity (Wildman–Crippen MR) is 266 cm³/mol. The largest absolute Gasteiger partial charge is 0.462 e. The van der Waals surface area contributed by atoms with Crippen LogP contribution in [0.25, 0.3) is 0 Å². The summed E-state index contributed by atoms with van der Waals surface area (Å²) in [5, 5.41) is 0. The van der Waals surface area contributed by atoms with E-state index in [0.29, 0.717) is 30.0 Å². The lowest BCUT2D eigenvalue weighted by Gasteiger charge is -2.43. The molecule has 11 atom stereocenters. The molecule has 0 aromatic rings. The molecular formula is C55H104O10. The summed E-state index contributed by atoms with van der Waals surface area (Å²) >= 11 is 0. The summed E-state index contributed by atoms with van der Waals surface area (Å²) < 4.78 is 27.6. The molecule has 0 radical (unpaired) electrons. The molecule has 6 bridgehead atoms. The highest BCUT2D eigenvalue weighted by molar-refractivity contribution is 5.95. The van der Waals surface area contributed by atoms with E-state index in [9.17, 15) is 24.0 Å². The normalized spacial score (nSPS) is 34.1. The van der Waals surface area contributed by atoms with Crippen LogP contribution in [0.3, 0.4) is 0 Å². The first-order valence-corrected chi connectivity index (χ1v) is 24.0. The standard InChI is InChI=1S/C18H30O2.C15H22O4.C10H20O.C6H8O3.6CH4/c1-5-17(3,4)16(19)20-18(6-2)11-12-10-15(18)14-9-7-8-13(12)14;1-3-8(2)14(16)19-13-9-4-11-5-10(13)7-12(6-9)18-15(11)17;1-3-9(2)11-10-7-5-4-6-8-10;1-3-4(2)6(8)9-5(3)7;;;;;;/h12-15H,5-11H2,1-4H3;8-13H,3-7H2,1-2H3;9-10H,3-8H2,1-2H3;3-4H,1-2H3;6*1H4. The molecule has 0 aromatic carbocycles. The van der Waals surface area contributed by atoms with Crippen molar-refractivity contribution in [2.24, 2.45) is 64.6 Å². The Kier molecular flexibility index (Phi) is 27.9. The zero-order valence-corrected chi connectivity index (χ0v) is 38.4. The van der Waals surface area contributed by atoms with Crippen LogP contribution in [0.2, 0.25) is 0 Å². The van der Waals surface area contributed by atoms with Crippen LogP contribution in [0.15, 0.2) is 0 Å². The molecule has 3 heterocycles. The van der Waals surface area contributed by atoms with Crippen molar-refractivity contribution in [2.45, 2.75) is 259 Å². The monoisotopic (exact) mass is 925 g/mol. The summed E-state index contributed by atoms with van der Waals surface area (Å²) in [6, 6.07) is 0. The Balaban J connectivity index is 0.